The van der Waals surface area contributed by atoms with Crippen molar-refractivity contribution in [1.82, 2.24) is 10.1 Å². The van der Waals surface area contributed by atoms with Crippen molar-refractivity contribution in [2.75, 3.05) is 11.4 Å². The number of hydrogen-bond donors (Lipinski definition) is 0. The molecule has 1 fully saturated rings. The first-order valence-corrected chi connectivity index (χ1v) is 8.24. The summed E-state index contributed by atoms with van der Waals surface area (Å²) < 4.78 is 31.6. The second kappa shape index (κ2) is 6.49. The van der Waals surface area contributed by atoms with Crippen LogP contribution in [0.4, 0.5) is 14.5 Å². The molecule has 0 N–H and O–H groups in total. The van der Waals surface area contributed by atoms with E-state index in [0.717, 1.165) is 0 Å². The number of anilines is 1. The van der Waals surface area contributed by atoms with Crippen LogP contribution in [0.5, 0.6) is 0 Å². The average Bonchev–Trinajstić information content (AvgIpc) is 3.25. The molecule has 0 spiro atoms. The van der Waals surface area contributed by atoms with Crippen LogP contribution in [0.1, 0.15) is 18.2 Å². The fourth-order valence-corrected chi connectivity index (χ4v) is 3.07. The molecule has 0 saturated carbocycles. The molecular weight excluding hydrogens is 364 g/mol. The van der Waals surface area contributed by atoms with Gasteiger partial charge in [-0.2, -0.15) is 4.98 Å². The van der Waals surface area contributed by atoms with Gasteiger partial charge in [-0.15, -0.1) is 0 Å². The van der Waals surface area contributed by atoms with Crippen molar-refractivity contribution >= 4 is 23.2 Å². The molecule has 8 heteroatoms. The van der Waals surface area contributed by atoms with E-state index < -0.39 is 5.82 Å². The topological polar surface area (TPSA) is 59.2 Å². The van der Waals surface area contributed by atoms with Crippen LogP contribution in [0.2, 0.25) is 5.02 Å². The number of halogens is 3. The van der Waals surface area contributed by atoms with Gasteiger partial charge in [0.25, 0.3) is 5.89 Å². The molecule has 5 nitrogen and oxygen atoms in total. The van der Waals surface area contributed by atoms with Gasteiger partial charge in [-0.25, -0.2) is 8.78 Å². The number of carbonyl (C=O) groups excluding carboxylic acids is 1. The zero-order chi connectivity index (χ0) is 18.3. The number of benzene rings is 2. The molecule has 2 heterocycles. The highest BCUT2D eigenvalue weighted by Crippen LogP contribution is 2.33. The summed E-state index contributed by atoms with van der Waals surface area (Å²) in [6.45, 7) is 0.336. The quantitative estimate of drug-likeness (QED) is 0.688. The normalized spacial score (nSPS) is 17.1. The number of amides is 1. The van der Waals surface area contributed by atoms with E-state index in [4.69, 9.17) is 16.1 Å². The predicted molar refractivity (Wildman–Crippen MR) is 90.8 cm³/mol. The van der Waals surface area contributed by atoms with Gasteiger partial charge in [0.1, 0.15) is 11.6 Å². The Morgan fingerprint density at radius 3 is 2.65 bits per heavy atom. The molecule has 3 aromatic rings. The monoisotopic (exact) mass is 375 g/mol. The van der Waals surface area contributed by atoms with E-state index in [1.807, 2.05) is 0 Å². The Balaban J connectivity index is 1.55. The number of aromatic nitrogens is 2. The molecule has 1 saturated heterocycles. The van der Waals surface area contributed by atoms with Gasteiger partial charge >= 0.3 is 0 Å². The first-order valence-electron chi connectivity index (χ1n) is 7.86. The van der Waals surface area contributed by atoms with Crippen LogP contribution in [-0.2, 0) is 4.79 Å². The standard InChI is InChI=1S/C18H12ClF2N3O2/c19-14-8-13(5-6-15(14)21)24-9-11(7-16(24)25)17-22-18(26-23-17)10-1-3-12(20)4-2-10/h1-6,8,11H,7,9H2. The third kappa shape index (κ3) is 3.06. The van der Waals surface area contributed by atoms with Gasteiger partial charge in [0.15, 0.2) is 5.82 Å². The van der Waals surface area contributed by atoms with Crippen LogP contribution in [0.15, 0.2) is 47.0 Å². The molecule has 26 heavy (non-hydrogen) atoms. The van der Waals surface area contributed by atoms with Crippen molar-refractivity contribution in [3.05, 3.63) is 64.9 Å². The van der Waals surface area contributed by atoms with E-state index in [2.05, 4.69) is 10.1 Å². The zero-order valence-corrected chi connectivity index (χ0v) is 14.1. The Bertz CT molecular complexity index is 975. The minimum Gasteiger partial charge on any atom is -0.334 e. The van der Waals surface area contributed by atoms with Gasteiger partial charge in [-0.05, 0) is 42.5 Å². The van der Waals surface area contributed by atoms with Crippen LogP contribution < -0.4 is 4.90 Å². The first kappa shape index (κ1) is 16.7. The molecule has 1 amide bonds. The molecule has 1 atom stereocenters. The van der Waals surface area contributed by atoms with Crippen molar-refractivity contribution in [3.8, 4) is 11.5 Å². The molecule has 1 aliphatic rings. The fraction of sp³-hybridized carbons (Fsp3) is 0.167. The van der Waals surface area contributed by atoms with Crippen molar-refractivity contribution in [1.29, 1.82) is 0 Å². The number of nitrogens with zero attached hydrogens (tertiary/aromatic N) is 3. The molecule has 132 valence electrons. The van der Waals surface area contributed by atoms with Gasteiger partial charge in [-0.3, -0.25) is 4.79 Å². The van der Waals surface area contributed by atoms with E-state index in [1.54, 1.807) is 12.1 Å². The molecule has 1 aromatic heterocycles. The summed E-state index contributed by atoms with van der Waals surface area (Å²) >= 11 is 5.80. The smallest absolute Gasteiger partial charge is 0.257 e. The largest absolute Gasteiger partial charge is 0.334 e. The van der Waals surface area contributed by atoms with Gasteiger partial charge in [0.05, 0.1) is 5.02 Å². The third-order valence-electron chi connectivity index (χ3n) is 4.24. The Morgan fingerprint density at radius 2 is 1.92 bits per heavy atom. The number of carbonyl (C=O) groups is 1. The van der Waals surface area contributed by atoms with Gasteiger partial charge < -0.3 is 9.42 Å². The maximum Gasteiger partial charge on any atom is 0.257 e. The lowest BCUT2D eigenvalue weighted by atomic mass is 10.1. The lowest BCUT2D eigenvalue weighted by molar-refractivity contribution is -0.117. The van der Waals surface area contributed by atoms with Gasteiger partial charge in [-0.1, -0.05) is 16.8 Å². The van der Waals surface area contributed by atoms with Crippen molar-refractivity contribution in [2.24, 2.45) is 0 Å². The third-order valence-corrected chi connectivity index (χ3v) is 4.53. The molecule has 2 aromatic carbocycles. The molecule has 4 rings (SSSR count). The maximum atomic E-state index is 13.3. The van der Waals surface area contributed by atoms with Crippen molar-refractivity contribution in [3.63, 3.8) is 0 Å². The molecule has 1 unspecified atom stereocenters. The molecule has 0 radical (unpaired) electrons. The van der Waals surface area contributed by atoms with E-state index in [1.165, 1.54) is 35.2 Å². The van der Waals surface area contributed by atoms with Crippen molar-refractivity contribution in [2.45, 2.75) is 12.3 Å². The second-order valence-electron chi connectivity index (χ2n) is 5.97. The molecule has 0 aliphatic carbocycles. The lowest BCUT2D eigenvalue weighted by Gasteiger charge is -2.16. The van der Waals surface area contributed by atoms with Crippen molar-refractivity contribution < 1.29 is 18.1 Å². The number of rotatable bonds is 3. The van der Waals surface area contributed by atoms with Gasteiger partial charge in [0, 0.05) is 30.1 Å². The van der Waals surface area contributed by atoms with Gasteiger partial charge in [0.2, 0.25) is 5.91 Å². The minimum absolute atomic E-state index is 0.0445. The lowest BCUT2D eigenvalue weighted by Crippen LogP contribution is -2.24. The minimum atomic E-state index is -0.541. The van der Waals surface area contributed by atoms with E-state index in [-0.39, 0.29) is 35.0 Å². The molecular formula is C18H12ClF2N3O2. The predicted octanol–water partition coefficient (Wildman–Crippen LogP) is 4.19. The zero-order valence-electron chi connectivity index (χ0n) is 13.3. The Hall–Kier alpha value is -2.80. The highest BCUT2D eigenvalue weighted by Gasteiger charge is 2.34. The van der Waals surface area contributed by atoms with E-state index in [0.29, 0.717) is 23.6 Å². The fourth-order valence-electron chi connectivity index (χ4n) is 2.89. The summed E-state index contributed by atoms with van der Waals surface area (Å²) in [5.74, 6) is -0.636. The van der Waals surface area contributed by atoms with Crippen LogP contribution in [0.25, 0.3) is 11.5 Å². The Kier molecular flexibility index (Phi) is 4.16. The highest BCUT2D eigenvalue weighted by molar-refractivity contribution is 6.31. The summed E-state index contributed by atoms with van der Waals surface area (Å²) in [5, 5.41) is 3.90. The maximum absolute atomic E-state index is 13.3. The molecule has 0 bridgehead atoms. The van der Waals surface area contributed by atoms with Crippen LogP contribution in [0.3, 0.4) is 0 Å². The Labute approximate surface area is 152 Å². The average molecular weight is 376 g/mol. The van der Waals surface area contributed by atoms with Crippen LogP contribution in [-0.4, -0.2) is 22.6 Å². The number of hydrogen-bond acceptors (Lipinski definition) is 4. The summed E-state index contributed by atoms with van der Waals surface area (Å²) in [6, 6.07) is 9.83. The summed E-state index contributed by atoms with van der Waals surface area (Å²) in [4.78, 5) is 18.2. The van der Waals surface area contributed by atoms with Crippen LogP contribution >= 0.6 is 11.6 Å². The molecule has 1 aliphatic heterocycles. The first-order chi connectivity index (χ1) is 12.5. The van der Waals surface area contributed by atoms with E-state index in [9.17, 15) is 13.6 Å². The Morgan fingerprint density at radius 1 is 1.15 bits per heavy atom. The summed E-state index contributed by atoms with van der Waals surface area (Å²) in [7, 11) is 0. The highest BCUT2D eigenvalue weighted by atomic mass is 35.5. The SMILES string of the molecule is O=C1CC(c2noc(-c3ccc(F)cc3)n2)CN1c1ccc(F)c(Cl)c1. The van der Waals surface area contributed by atoms with E-state index >= 15 is 0 Å². The second-order valence-corrected chi connectivity index (χ2v) is 6.38. The van der Waals surface area contributed by atoms with Crippen LogP contribution in [0, 0.1) is 11.6 Å². The summed E-state index contributed by atoms with van der Waals surface area (Å²) in [5.41, 5.74) is 1.11. The summed E-state index contributed by atoms with van der Waals surface area (Å²) in [6.07, 6.45) is 0.206.